The zero-order valence-corrected chi connectivity index (χ0v) is 5.99. The van der Waals surface area contributed by atoms with Crippen LogP contribution >= 0.6 is 0 Å². The summed E-state index contributed by atoms with van der Waals surface area (Å²) < 4.78 is 2.11. The average Bonchev–Trinajstić information content (AvgIpc) is 2.27. The van der Waals surface area contributed by atoms with Crippen molar-refractivity contribution < 1.29 is 4.58 Å². The van der Waals surface area contributed by atoms with Crippen LogP contribution in [0.1, 0.15) is 0 Å². The Labute approximate surface area is 60.7 Å². The van der Waals surface area contributed by atoms with E-state index in [-0.39, 0.29) is 0 Å². The first-order valence-corrected chi connectivity index (χ1v) is 3.50. The maximum atomic E-state index is 2.20. The van der Waals surface area contributed by atoms with E-state index in [1.165, 1.54) is 5.57 Å². The molecule has 1 unspecified atom stereocenters. The molecular weight excluding hydrogens is 122 g/mol. The number of rotatable bonds is 0. The Bertz CT molecular complexity index is 266. The van der Waals surface area contributed by atoms with Crippen LogP contribution in [0.4, 0.5) is 0 Å². The molecule has 0 saturated heterocycles. The summed E-state index contributed by atoms with van der Waals surface area (Å²) in [5.41, 5.74) is 1.39. The summed E-state index contributed by atoms with van der Waals surface area (Å²) in [6.07, 6.45) is 12.9. The normalized spacial score (nSPS) is 27.9. The van der Waals surface area contributed by atoms with Gasteiger partial charge in [-0.15, -0.1) is 0 Å². The lowest BCUT2D eigenvalue weighted by Gasteiger charge is -2.00. The third kappa shape index (κ3) is 0.747. The largest absolute Gasteiger partial charge is 0.210 e. The molecule has 0 fully saturated rings. The fourth-order valence-electron chi connectivity index (χ4n) is 1.37. The SMILES string of the molecule is C[N+]1=CC2C=CC=CC2=C1. The van der Waals surface area contributed by atoms with Gasteiger partial charge in [0, 0.05) is 5.57 Å². The predicted octanol–water partition coefficient (Wildman–Crippen LogP) is 1.34. The van der Waals surface area contributed by atoms with E-state index in [4.69, 9.17) is 0 Å². The molecule has 0 spiro atoms. The van der Waals surface area contributed by atoms with Crippen LogP contribution in [0.2, 0.25) is 0 Å². The van der Waals surface area contributed by atoms with Crippen LogP contribution in [0.15, 0.2) is 36.1 Å². The molecular formula is C9H10N+. The van der Waals surface area contributed by atoms with Crippen molar-refractivity contribution in [2.75, 3.05) is 7.05 Å². The highest BCUT2D eigenvalue weighted by molar-refractivity contribution is 5.68. The fraction of sp³-hybridized carbons (Fsp3) is 0.222. The van der Waals surface area contributed by atoms with Gasteiger partial charge in [-0.1, -0.05) is 24.3 Å². The number of nitrogens with zero attached hydrogens (tertiary/aromatic N) is 1. The number of hydrogen-bond acceptors (Lipinski definition) is 0. The standard InChI is InChI=1S/C9H10N/c1-10-6-8-4-2-3-5-9(8)7-10/h2-8H,1H3/q+1. The molecule has 1 heteroatoms. The van der Waals surface area contributed by atoms with Crippen molar-refractivity contribution in [2.24, 2.45) is 5.92 Å². The van der Waals surface area contributed by atoms with Crippen LogP contribution in [0.3, 0.4) is 0 Å². The second-order valence-corrected chi connectivity index (χ2v) is 2.71. The molecule has 0 aromatic carbocycles. The summed E-state index contributed by atoms with van der Waals surface area (Å²) >= 11 is 0. The van der Waals surface area contributed by atoms with Crippen molar-refractivity contribution >= 4 is 6.21 Å². The van der Waals surface area contributed by atoms with Gasteiger partial charge in [-0.2, -0.15) is 0 Å². The molecule has 10 heavy (non-hydrogen) atoms. The summed E-state index contributed by atoms with van der Waals surface area (Å²) in [6.45, 7) is 0. The molecule has 0 radical (unpaired) electrons. The molecule has 1 aliphatic heterocycles. The second-order valence-electron chi connectivity index (χ2n) is 2.71. The minimum atomic E-state index is 0.537. The minimum absolute atomic E-state index is 0.537. The van der Waals surface area contributed by atoms with Crippen LogP contribution in [-0.2, 0) is 0 Å². The van der Waals surface area contributed by atoms with Crippen molar-refractivity contribution in [3.8, 4) is 0 Å². The molecule has 0 saturated carbocycles. The van der Waals surface area contributed by atoms with Crippen molar-refractivity contribution in [1.82, 2.24) is 0 Å². The predicted molar refractivity (Wildman–Crippen MR) is 42.1 cm³/mol. The van der Waals surface area contributed by atoms with Crippen LogP contribution < -0.4 is 0 Å². The van der Waals surface area contributed by atoms with Gasteiger partial charge in [-0.05, 0) is 0 Å². The van der Waals surface area contributed by atoms with Gasteiger partial charge in [0.1, 0.15) is 7.05 Å². The summed E-state index contributed by atoms with van der Waals surface area (Å²) in [5.74, 6) is 0.537. The zero-order valence-electron chi connectivity index (χ0n) is 5.99. The molecule has 0 bridgehead atoms. The number of fused-ring (bicyclic) bond motifs is 1. The molecule has 1 nitrogen and oxygen atoms in total. The molecule has 0 N–H and O–H groups in total. The van der Waals surface area contributed by atoms with Gasteiger partial charge in [0.2, 0.25) is 0 Å². The van der Waals surface area contributed by atoms with Gasteiger partial charge in [0.25, 0.3) is 0 Å². The van der Waals surface area contributed by atoms with Crippen LogP contribution in [-0.4, -0.2) is 17.8 Å². The number of hydrogen-bond donors (Lipinski definition) is 0. The molecule has 0 aromatic rings. The van der Waals surface area contributed by atoms with Gasteiger partial charge in [-0.25, -0.2) is 4.58 Å². The lowest BCUT2D eigenvalue weighted by atomic mass is 9.99. The van der Waals surface area contributed by atoms with Crippen molar-refractivity contribution in [1.29, 1.82) is 0 Å². The van der Waals surface area contributed by atoms with E-state index in [9.17, 15) is 0 Å². The first-order valence-electron chi connectivity index (χ1n) is 3.50. The third-order valence-corrected chi connectivity index (χ3v) is 1.85. The maximum absolute atomic E-state index is 2.20. The van der Waals surface area contributed by atoms with E-state index in [2.05, 4.69) is 48.3 Å². The first kappa shape index (κ1) is 5.66. The average molecular weight is 132 g/mol. The summed E-state index contributed by atoms with van der Waals surface area (Å²) in [5, 5.41) is 0. The smallest absolute Gasteiger partial charge is 0.172 e. The van der Waals surface area contributed by atoms with Crippen molar-refractivity contribution in [3.05, 3.63) is 36.1 Å². The molecule has 1 atom stereocenters. The Hall–Kier alpha value is -1.11. The second kappa shape index (κ2) is 1.94. The Kier molecular flexibility index (Phi) is 1.10. The lowest BCUT2D eigenvalue weighted by molar-refractivity contribution is -0.414. The maximum Gasteiger partial charge on any atom is 0.172 e. The molecule has 2 aliphatic rings. The minimum Gasteiger partial charge on any atom is -0.210 e. The zero-order chi connectivity index (χ0) is 6.97. The molecule has 0 aromatic heterocycles. The Morgan fingerprint density at radius 2 is 2.30 bits per heavy atom. The molecule has 0 amide bonds. The van der Waals surface area contributed by atoms with E-state index in [0.717, 1.165) is 0 Å². The van der Waals surface area contributed by atoms with Crippen LogP contribution in [0.5, 0.6) is 0 Å². The quantitative estimate of drug-likeness (QED) is 0.437. The van der Waals surface area contributed by atoms with Gasteiger partial charge >= 0.3 is 0 Å². The Morgan fingerprint density at radius 1 is 1.40 bits per heavy atom. The van der Waals surface area contributed by atoms with Gasteiger partial charge in [0.15, 0.2) is 12.4 Å². The van der Waals surface area contributed by atoms with Gasteiger partial charge in [0.05, 0.1) is 5.92 Å². The monoisotopic (exact) mass is 132 g/mol. The van der Waals surface area contributed by atoms with E-state index in [0.29, 0.717) is 5.92 Å². The van der Waals surface area contributed by atoms with Crippen molar-refractivity contribution in [2.45, 2.75) is 0 Å². The van der Waals surface area contributed by atoms with Crippen LogP contribution in [0, 0.1) is 5.92 Å². The van der Waals surface area contributed by atoms with E-state index < -0.39 is 0 Å². The van der Waals surface area contributed by atoms with Crippen LogP contribution in [0.25, 0.3) is 0 Å². The van der Waals surface area contributed by atoms with E-state index >= 15 is 0 Å². The van der Waals surface area contributed by atoms with E-state index in [1.807, 2.05) is 0 Å². The Balaban J connectivity index is 2.40. The van der Waals surface area contributed by atoms with Gasteiger partial charge < -0.3 is 0 Å². The van der Waals surface area contributed by atoms with Crippen molar-refractivity contribution in [3.63, 3.8) is 0 Å². The molecule has 2 rings (SSSR count). The first-order chi connectivity index (χ1) is 4.86. The summed E-state index contributed by atoms with van der Waals surface area (Å²) in [6, 6.07) is 0. The molecule has 1 aliphatic carbocycles. The molecule has 50 valence electrons. The topological polar surface area (TPSA) is 3.01 Å². The molecule has 1 heterocycles. The summed E-state index contributed by atoms with van der Waals surface area (Å²) in [4.78, 5) is 0. The van der Waals surface area contributed by atoms with Gasteiger partial charge in [-0.3, -0.25) is 0 Å². The highest BCUT2D eigenvalue weighted by atomic mass is 14.9. The van der Waals surface area contributed by atoms with E-state index in [1.54, 1.807) is 0 Å². The fourth-order valence-corrected chi connectivity index (χ4v) is 1.37. The Morgan fingerprint density at radius 3 is 3.10 bits per heavy atom. The summed E-state index contributed by atoms with van der Waals surface area (Å²) in [7, 11) is 2.06. The highest BCUT2D eigenvalue weighted by Gasteiger charge is 2.19. The number of allylic oxidation sites excluding steroid dienone is 5. The third-order valence-electron chi connectivity index (χ3n) is 1.85. The lowest BCUT2D eigenvalue weighted by Crippen LogP contribution is -2.00. The highest BCUT2D eigenvalue weighted by Crippen LogP contribution is 2.19.